The van der Waals surface area contributed by atoms with Crippen LogP contribution in [0.4, 0.5) is 0 Å². The molecule has 2 heteroatoms. The van der Waals surface area contributed by atoms with Gasteiger partial charge in [-0.25, -0.2) is 4.98 Å². The van der Waals surface area contributed by atoms with Gasteiger partial charge in [-0.1, -0.05) is 61.3 Å². The number of aromatic nitrogens is 1. The molecule has 0 fully saturated rings. The van der Waals surface area contributed by atoms with Gasteiger partial charge in [-0.3, -0.25) is 0 Å². The largest absolute Gasteiger partial charge is 0.236 e. The molecule has 0 saturated heterocycles. The smallest absolute Gasteiger partial charge is 0.132 e. The molecule has 0 spiro atoms. The van der Waals surface area contributed by atoms with Crippen molar-refractivity contribution in [1.82, 2.24) is 4.98 Å². The van der Waals surface area contributed by atoms with Gasteiger partial charge in [-0.2, -0.15) is 0 Å². The topological polar surface area (TPSA) is 12.9 Å². The van der Waals surface area contributed by atoms with E-state index >= 15 is 0 Å². The lowest BCUT2D eigenvalue weighted by molar-refractivity contribution is 0.647. The van der Waals surface area contributed by atoms with E-state index in [2.05, 4.69) is 75.1 Å². The molecule has 0 N–H and O–H groups in total. The van der Waals surface area contributed by atoms with Gasteiger partial charge in [0, 0.05) is 5.39 Å². The monoisotopic (exact) mass is 323 g/mol. The fraction of sp³-hybridized carbons (Fsp3) is 0.286. The Bertz CT molecular complexity index is 848. The summed E-state index contributed by atoms with van der Waals surface area (Å²) in [7, 11) is 0. The van der Waals surface area contributed by atoms with Crippen LogP contribution in [0.3, 0.4) is 0 Å². The van der Waals surface area contributed by atoms with Crippen molar-refractivity contribution in [2.45, 2.75) is 34.1 Å². The average molecular weight is 324 g/mol. The number of fused-ring (bicyclic) bond motifs is 1. The number of aryl methyl sites for hydroxylation is 1. The predicted molar refractivity (Wildman–Crippen MR) is 100 cm³/mol. The maximum atomic E-state index is 6.34. The Morgan fingerprint density at radius 3 is 2.26 bits per heavy atom. The van der Waals surface area contributed by atoms with Gasteiger partial charge in [0.1, 0.15) is 5.15 Å². The summed E-state index contributed by atoms with van der Waals surface area (Å²) in [6.07, 6.45) is 1.02. The van der Waals surface area contributed by atoms with E-state index in [-0.39, 0.29) is 0 Å². The van der Waals surface area contributed by atoms with E-state index in [1.807, 2.05) is 0 Å². The van der Waals surface area contributed by atoms with Crippen LogP contribution in [0.25, 0.3) is 22.0 Å². The van der Waals surface area contributed by atoms with Crippen LogP contribution in [-0.4, -0.2) is 4.98 Å². The standard InChI is InChI=1S/C21H22ClN/c1-13(2)11-18-15(4)21(22)23-20-10-9-17(12-19(18)20)16-7-5-14(3)6-8-16/h5-10,12-13H,11H2,1-4H3. The normalized spacial score (nSPS) is 11.4. The number of rotatable bonds is 3. The van der Waals surface area contributed by atoms with Crippen LogP contribution < -0.4 is 0 Å². The van der Waals surface area contributed by atoms with Crippen LogP contribution in [0, 0.1) is 19.8 Å². The van der Waals surface area contributed by atoms with Crippen molar-refractivity contribution in [2.75, 3.05) is 0 Å². The minimum atomic E-state index is 0.582. The minimum absolute atomic E-state index is 0.582. The summed E-state index contributed by atoms with van der Waals surface area (Å²) in [6, 6.07) is 15.1. The first-order valence-electron chi connectivity index (χ1n) is 8.11. The first kappa shape index (κ1) is 16.0. The third-order valence-corrected chi connectivity index (χ3v) is 4.67. The lowest BCUT2D eigenvalue weighted by Crippen LogP contribution is -2.01. The molecule has 1 aromatic heterocycles. The third-order valence-electron chi connectivity index (χ3n) is 4.30. The average Bonchev–Trinajstić information content (AvgIpc) is 2.52. The second-order valence-corrected chi connectivity index (χ2v) is 7.06. The van der Waals surface area contributed by atoms with Crippen molar-refractivity contribution < 1.29 is 0 Å². The molecule has 0 amide bonds. The van der Waals surface area contributed by atoms with Crippen LogP contribution in [-0.2, 0) is 6.42 Å². The van der Waals surface area contributed by atoms with Gasteiger partial charge < -0.3 is 0 Å². The molecule has 118 valence electrons. The highest BCUT2D eigenvalue weighted by Gasteiger charge is 2.13. The van der Waals surface area contributed by atoms with Crippen molar-refractivity contribution >= 4 is 22.5 Å². The molecule has 0 aliphatic heterocycles. The Hall–Kier alpha value is -1.86. The Kier molecular flexibility index (Phi) is 4.41. The lowest BCUT2D eigenvalue weighted by atomic mass is 9.93. The van der Waals surface area contributed by atoms with Gasteiger partial charge in [0.15, 0.2) is 0 Å². The molecule has 0 atom stereocenters. The maximum absolute atomic E-state index is 6.34. The summed E-state index contributed by atoms with van der Waals surface area (Å²) < 4.78 is 0. The first-order valence-corrected chi connectivity index (χ1v) is 8.49. The van der Waals surface area contributed by atoms with E-state index in [0.717, 1.165) is 17.5 Å². The van der Waals surface area contributed by atoms with Gasteiger partial charge in [-0.05, 0) is 60.6 Å². The summed E-state index contributed by atoms with van der Waals surface area (Å²) in [5.41, 5.74) is 7.15. The molecule has 2 aromatic carbocycles. The summed E-state index contributed by atoms with van der Waals surface area (Å²) in [5, 5.41) is 1.84. The number of halogens is 1. The van der Waals surface area contributed by atoms with Crippen molar-refractivity contribution in [3.63, 3.8) is 0 Å². The SMILES string of the molecule is Cc1ccc(-c2ccc3nc(Cl)c(C)c(CC(C)C)c3c2)cc1. The molecular weight excluding hydrogens is 302 g/mol. The summed E-state index contributed by atoms with van der Waals surface area (Å²) in [5.74, 6) is 0.582. The Morgan fingerprint density at radius 2 is 1.61 bits per heavy atom. The van der Waals surface area contributed by atoms with Crippen LogP contribution in [0.2, 0.25) is 5.15 Å². The van der Waals surface area contributed by atoms with Crippen molar-refractivity contribution in [2.24, 2.45) is 5.92 Å². The highest BCUT2D eigenvalue weighted by molar-refractivity contribution is 6.30. The van der Waals surface area contributed by atoms with Gasteiger partial charge >= 0.3 is 0 Å². The highest BCUT2D eigenvalue weighted by Crippen LogP contribution is 2.31. The molecule has 3 aromatic rings. The molecule has 3 rings (SSSR count). The highest BCUT2D eigenvalue weighted by atomic mass is 35.5. The fourth-order valence-electron chi connectivity index (χ4n) is 2.99. The maximum Gasteiger partial charge on any atom is 0.132 e. The molecule has 1 nitrogen and oxygen atoms in total. The molecular formula is C21H22ClN. The van der Waals surface area contributed by atoms with E-state index in [9.17, 15) is 0 Å². The minimum Gasteiger partial charge on any atom is -0.236 e. The van der Waals surface area contributed by atoms with Crippen LogP contribution in [0.1, 0.15) is 30.5 Å². The van der Waals surface area contributed by atoms with Crippen LogP contribution in [0.15, 0.2) is 42.5 Å². The van der Waals surface area contributed by atoms with E-state index in [1.165, 1.54) is 27.6 Å². The van der Waals surface area contributed by atoms with E-state index < -0.39 is 0 Å². The second kappa shape index (κ2) is 6.33. The molecule has 1 heterocycles. The Labute approximate surface area is 143 Å². The van der Waals surface area contributed by atoms with E-state index in [0.29, 0.717) is 11.1 Å². The number of hydrogen-bond acceptors (Lipinski definition) is 1. The molecule has 0 aliphatic carbocycles. The predicted octanol–water partition coefficient (Wildman–Crippen LogP) is 6.37. The number of nitrogens with zero attached hydrogens (tertiary/aromatic N) is 1. The molecule has 0 saturated carbocycles. The molecule has 0 unspecified atom stereocenters. The van der Waals surface area contributed by atoms with Gasteiger partial charge in [0.2, 0.25) is 0 Å². The van der Waals surface area contributed by atoms with Crippen molar-refractivity contribution in [3.8, 4) is 11.1 Å². The Balaban J connectivity index is 2.21. The van der Waals surface area contributed by atoms with Crippen molar-refractivity contribution in [1.29, 1.82) is 0 Å². The molecule has 23 heavy (non-hydrogen) atoms. The zero-order chi connectivity index (χ0) is 16.6. The van der Waals surface area contributed by atoms with E-state index in [1.54, 1.807) is 0 Å². The van der Waals surface area contributed by atoms with Crippen molar-refractivity contribution in [3.05, 3.63) is 64.3 Å². The fourth-order valence-corrected chi connectivity index (χ4v) is 3.19. The van der Waals surface area contributed by atoms with Gasteiger partial charge in [0.05, 0.1) is 5.52 Å². The van der Waals surface area contributed by atoms with Gasteiger partial charge in [-0.15, -0.1) is 0 Å². The van der Waals surface area contributed by atoms with Gasteiger partial charge in [0.25, 0.3) is 0 Å². The zero-order valence-corrected chi connectivity index (χ0v) is 14.9. The molecule has 0 aliphatic rings. The summed E-state index contributed by atoms with van der Waals surface area (Å²) in [6.45, 7) is 8.66. The number of benzene rings is 2. The van der Waals surface area contributed by atoms with Crippen LogP contribution in [0.5, 0.6) is 0 Å². The summed E-state index contributed by atoms with van der Waals surface area (Å²) >= 11 is 6.34. The molecule has 0 bridgehead atoms. The molecule has 0 radical (unpaired) electrons. The number of hydrogen-bond donors (Lipinski definition) is 0. The summed E-state index contributed by atoms with van der Waals surface area (Å²) in [4.78, 5) is 4.56. The Morgan fingerprint density at radius 1 is 0.957 bits per heavy atom. The third kappa shape index (κ3) is 3.25. The first-order chi connectivity index (χ1) is 11.0. The van der Waals surface area contributed by atoms with Crippen LogP contribution >= 0.6 is 11.6 Å². The lowest BCUT2D eigenvalue weighted by Gasteiger charge is -2.14. The van der Waals surface area contributed by atoms with E-state index in [4.69, 9.17) is 11.6 Å². The zero-order valence-electron chi connectivity index (χ0n) is 14.2. The second-order valence-electron chi connectivity index (χ2n) is 6.70. The quantitative estimate of drug-likeness (QED) is 0.510. The number of pyridine rings is 1.